The average Bonchev–Trinajstić information content (AvgIpc) is 2.84. The summed E-state index contributed by atoms with van der Waals surface area (Å²) in [6, 6.07) is 5.87. The number of hydrogen-bond acceptors (Lipinski definition) is 6. The van der Waals surface area contributed by atoms with Crippen LogP contribution in [0, 0.1) is 0 Å². The minimum atomic E-state index is -0.377. The number of fused-ring (bicyclic) bond motifs is 3. The minimum Gasteiger partial charge on any atom is -0.465 e. The normalized spacial score (nSPS) is 12.7. The first-order valence-electron chi connectivity index (χ1n) is 6.73. The quantitative estimate of drug-likeness (QED) is 0.552. The third-order valence-electron chi connectivity index (χ3n) is 3.06. The fourth-order valence-electron chi connectivity index (χ4n) is 2.04. The minimum absolute atomic E-state index is 0.281. The Morgan fingerprint density at radius 2 is 2.27 bits per heavy atom. The number of thioether (sulfide) groups is 1. The van der Waals surface area contributed by atoms with Crippen LogP contribution in [-0.4, -0.2) is 38.0 Å². The molecule has 0 unspecified atom stereocenters. The second-order valence-electron chi connectivity index (χ2n) is 4.62. The molecule has 114 valence electrons. The molecule has 0 aliphatic rings. The van der Waals surface area contributed by atoms with E-state index in [9.17, 15) is 4.79 Å². The van der Waals surface area contributed by atoms with Crippen LogP contribution < -0.4 is 0 Å². The second kappa shape index (κ2) is 6.21. The Morgan fingerprint density at radius 3 is 3.05 bits per heavy atom. The van der Waals surface area contributed by atoms with Crippen molar-refractivity contribution in [1.29, 1.82) is 0 Å². The van der Waals surface area contributed by atoms with Gasteiger partial charge in [-0.15, -0.1) is 10.2 Å². The number of hydrogen-bond donors (Lipinski definition) is 1. The van der Waals surface area contributed by atoms with Crippen LogP contribution in [0.25, 0.3) is 22.1 Å². The summed E-state index contributed by atoms with van der Waals surface area (Å²) in [5, 5.41) is 9.36. The number of carbonyl (C=O) groups excluding carboxylic acids is 1. The summed E-state index contributed by atoms with van der Waals surface area (Å²) in [5.74, 6) is -0.281. The fraction of sp³-hybridized carbons (Fsp3) is 0.286. The van der Waals surface area contributed by atoms with Crippen molar-refractivity contribution in [2.24, 2.45) is 0 Å². The molecule has 8 heteroatoms. The summed E-state index contributed by atoms with van der Waals surface area (Å²) in [5.41, 5.74) is 2.31. The number of benzene rings is 1. The van der Waals surface area contributed by atoms with Crippen LogP contribution in [0.5, 0.6) is 0 Å². The maximum atomic E-state index is 11.7. The van der Waals surface area contributed by atoms with Crippen LogP contribution in [-0.2, 0) is 9.53 Å². The molecule has 0 bridgehead atoms. The summed E-state index contributed by atoms with van der Waals surface area (Å²) in [6.07, 6.45) is 0. The van der Waals surface area contributed by atoms with E-state index in [-0.39, 0.29) is 11.2 Å². The van der Waals surface area contributed by atoms with Crippen LogP contribution >= 0.6 is 27.7 Å². The number of halogens is 1. The van der Waals surface area contributed by atoms with E-state index in [2.05, 4.69) is 36.1 Å². The zero-order chi connectivity index (χ0) is 15.7. The number of carbonyl (C=O) groups is 1. The van der Waals surface area contributed by atoms with E-state index in [1.165, 1.54) is 11.8 Å². The molecule has 0 saturated carbocycles. The zero-order valence-electron chi connectivity index (χ0n) is 12.0. The van der Waals surface area contributed by atoms with Gasteiger partial charge in [-0.05, 0) is 32.0 Å². The highest BCUT2D eigenvalue weighted by molar-refractivity contribution is 9.10. The Hall–Kier alpha value is -1.67. The van der Waals surface area contributed by atoms with Gasteiger partial charge in [0.2, 0.25) is 5.16 Å². The maximum Gasteiger partial charge on any atom is 0.319 e. The first-order chi connectivity index (χ1) is 10.6. The summed E-state index contributed by atoms with van der Waals surface area (Å²) < 4.78 is 5.95. The number of ether oxygens (including phenoxy) is 1. The van der Waals surface area contributed by atoms with Gasteiger partial charge in [0.25, 0.3) is 0 Å². The first kappa shape index (κ1) is 15.2. The molecule has 0 radical (unpaired) electrons. The lowest BCUT2D eigenvalue weighted by molar-refractivity contribution is -0.142. The van der Waals surface area contributed by atoms with E-state index in [0.717, 1.165) is 15.4 Å². The van der Waals surface area contributed by atoms with Gasteiger partial charge in [-0.1, -0.05) is 27.7 Å². The average molecular weight is 381 g/mol. The van der Waals surface area contributed by atoms with Crippen molar-refractivity contribution in [2.75, 3.05) is 6.61 Å². The molecular formula is C14H13BrN4O2S. The van der Waals surface area contributed by atoms with Crippen LogP contribution in [0.1, 0.15) is 13.8 Å². The molecule has 0 spiro atoms. The predicted molar refractivity (Wildman–Crippen MR) is 88.8 cm³/mol. The number of nitrogens with one attached hydrogen (secondary N) is 1. The highest BCUT2D eigenvalue weighted by Gasteiger charge is 2.18. The van der Waals surface area contributed by atoms with Gasteiger partial charge in [-0.3, -0.25) is 4.79 Å². The Balaban J connectivity index is 1.93. The fourth-order valence-corrected chi connectivity index (χ4v) is 3.12. The van der Waals surface area contributed by atoms with Crippen LogP contribution in [0.4, 0.5) is 0 Å². The van der Waals surface area contributed by atoms with E-state index >= 15 is 0 Å². The first-order valence-corrected chi connectivity index (χ1v) is 8.40. The van der Waals surface area contributed by atoms with Gasteiger partial charge in [0, 0.05) is 15.4 Å². The molecule has 0 fully saturated rings. The molecule has 2 heterocycles. The predicted octanol–water partition coefficient (Wildman–Crippen LogP) is 3.31. The van der Waals surface area contributed by atoms with Crippen molar-refractivity contribution in [2.45, 2.75) is 24.3 Å². The molecule has 2 aromatic heterocycles. The molecule has 0 saturated heterocycles. The number of nitrogens with zero attached hydrogens (tertiary/aromatic N) is 3. The van der Waals surface area contributed by atoms with Crippen molar-refractivity contribution in [3.63, 3.8) is 0 Å². The molecule has 0 aliphatic heterocycles. The van der Waals surface area contributed by atoms with E-state index in [4.69, 9.17) is 4.74 Å². The third-order valence-corrected chi connectivity index (χ3v) is 4.48. The van der Waals surface area contributed by atoms with Crippen molar-refractivity contribution in [3.05, 3.63) is 22.7 Å². The smallest absolute Gasteiger partial charge is 0.319 e. The van der Waals surface area contributed by atoms with Crippen LogP contribution in [0.3, 0.4) is 0 Å². The van der Waals surface area contributed by atoms with Crippen molar-refractivity contribution >= 4 is 55.7 Å². The molecule has 0 aliphatic carbocycles. The lowest BCUT2D eigenvalue weighted by Gasteiger charge is -2.08. The highest BCUT2D eigenvalue weighted by atomic mass is 79.9. The van der Waals surface area contributed by atoms with Gasteiger partial charge in [-0.2, -0.15) is 0 Å². The van der Waals surface area contributed by atoms with Crippen molar-refractivity contribution in [3.8, 4) is 0 Å². The van der Waals surface area contributed by atoms with Gasteiger partial charge in [0.05, 0.1) is 6.61 Å². The second-order valence-corrected chi connectivity index (χ2v) is 6.84. The Bertz CT molecular complexity index is 851. The van der Waals surface area contributed by atoms with E-state index in [1.807, 2.05) is 18.2 Å². The molecule has 22 heavy (non-hydrogen) atoms. The SMILES string of the molecule is CCOC(=O)[C@@H](C)Sc1nnc2c(n1)[nH]c1ccc(Br)cc12. The van der Waals surface area contributed by atoms with E-state index in [1.54, 1.807) is 13.8 Å². The molecule has 1 aromatic carbocycles. The third kappa shape index (κ3) is 2.93. The largest absolute Gasteiger partial charge is 0.465 e. The van der Waals surface area contributed by atoms with Gasteiger partial charge in [-0.25, -0.2) is 4.98 Å². The van der Waals surface area contributed by atoms with Crippen molar-refractivity contribution < 1.29 is 9.53 Å². The van der Waals surface area contributed by atoms with Gasteiger partial charge in [0.1, 0.15) is 10.8 Å². The van der Waals surface area contributed by atoms with E-state index < -0.39 is 0 Å². The number of aromatic nitrogens is 4. The monoisotopic (exact) mass is 380 g/mol. The standard InChI is InChI=1S/C14H13BrN4O2S/c1-3-21-13(20)7(2)22-14-17-12-11(18-19-14)9-6-8(15)4-5-10(9)16-12/h4-7H,3H2,1-2H3,(H,16,17,19)/t7-/m1/s1. The molecule has 6 nitrogen and oxygen atoms in total. The van der Waals surface area contributed by atoms with Crippen LogP contribution in [0.15, 0.2) is 27.8 Å². The molecule has 0 amide bonds. The lowest BCUT2D eigenvalue weighted by atomic mass is 10.2. The molecular weight excluding hydrogens is 368 g/mol. The summed E-state index contributed by atoms with van der Waals surface area (Å²) in [7, 11) is 0. The van der Waals surface area contributed by atoms with Crippen molar-refractivity contribution in [1.82, 2.24) is 20.2 Å². The number of esters is 1. The summed E-state index contributed by atoms with van der Waals surface area (Å²) in [4.78, 5) is 19.3. The van der Waals surface area contributed by atoms with Gasteiger partial charge < -0.3 is 9.72 Å². The molecule has 1 N–H and O–H groups in total. The van der Waals surface area contributed by atoms with Crippen LogP contribution in [0.2, 0.25) is 0 Å². The summed E-state index contributed by atoms with van der Waals surface area (Å²) in [6.45, 7) is 3.90. The number of rotatable bonds is 4. The molecule has 3 aromatic rings. The Labute approximate surface area is 139 Å². The molecule has 1 atom stereocenters. The summed E-state index contributed by atoms with van der Waals surface area (Å²) >= 11 is 4.67. The Morgan fingerprint density at radius 1 is 1.45 bits per heavy atom. The maximum absolute atomic E-state index is 11.7. The van der Waals surface area contributed by atoms with Gasteiger partial charge in [0.15, 0.2) is 5.65 Å². The lowest BCUT2D eigenvalue weighted by Crippen LogP contribution is -2.17. The van der Waals surface area contributed by atoms with Gasteiger partial charge >= 0.3 is 5.97 Å². The van der Waals surface area contributed by atoms with E-state index in [0.29, 0.717) is 22.9 Å². The Kier molecular flexibility index (Phi) is 4.30. The molecule has 3 rings (SSSR count). The highest BCUT2D eigenvalue weighted by Crippen LogP contribution is 2.27. The zero-order valence-corrected chi connectivity index (χ0v) is 14.4. The number of aromatic amines is 1. The topological polar surface area (TPSA) is 80.8 Å². The number of H-pyrrole nitrogens is 1.